The van der Waals surface area contributed by atoms with E-state index in [4.69, 9.17) is 4.74 Å². The maximum Gasteiger partial charge on any atom is 0.147 e. The summed E-state index contributed by atoms with van der Waals surface area (Å²) in [5.74, 6) is 0.849. The highest BCUT2D eigenvalue weighted by atomic mass is 16.5. The fourth-order valence-corrected chi connectivity index (χ4v) is 4.16. The summed E-state index contributed by atoms with van der Waals surface area (Å²) in [7, 11) is 0. The molecule has 26 heavy (non-hydrogen) atoms. The molecule has 0 radical (unpaired) electrons. The van der Waals surface area contributed by atoms with Crippen molar-refractivity contribution in [2.75, 3.05) is 5.32 Å². The minimum absolute atomic E-state index is 0.160. The number of aliphatic hydroxyl groups excluding tert-OH is 1. The molecule has 0 spiro atoms. The molecule has 0 unspecified atom stereocenters. The molecular weight excluding hydrogens is 328 g/mol. The Balaban J connectivity index is 1.47. The minimum atomic E-state index is -0.438. The third-order valence-corrected chi connectivity index (χ3v) is 5.62. The van der Waals surface area contributed by atoms with E-state index in [0.29, 0.717) is 6.42 Å². The fourth-order valence-electron chi connectivity index (χ4n) is 4.16. The van der Waals surface area contributed by atoms with Gasteiger partial charge in [-0.15, -0.1) is 0 Å². The molecule has 1 aromatic carbocycles. The maximum absolute atomic E-state index is 9.99. The fraction of sp³-hybridized carbons (Fsp3) is 0.400. The van der Waals surface area contributed by atoms with Gasteiger partial charge in [-0.1, -0.05) is 24.3 Å². The summed E-state index contributed by atoms with van der Waals surface area (Å²) in [5.41, 5.74) is 3.60. The van der Waals surface area contributed by atoms with Crippen molar-refractivity contribution >= 4 is 16.9 Å². The highest BCUT2D eigenvalue weighted by Gasteiger charge is 2.32. The van der Waals surface area contributed by atoms with E-state index in [1.54, 1.807) is 6.33 Å². The van der Waals surface area contributed by atoms with Crippen molar-refractivity contribution in [2.24, 2.45) is 0 Å². The largest absolute Gasteiger partial charge is 0.390 e. The topological polar surface area (TPSA) is 72.2 Å². The number of aryl methyl sites for hydroxylation is 1. The second-order valence-corrected chi connectivity index (χ2v) is 7.22. The Kier molecular flexibility index (Phi) is 3.69. The van der Waals surface area contributed by atoms with Crippen molar-refractivity contribution in [1.29, 1.82) is 0 Å². The van der Waals surface area contributed by atoms with Crippen LogP contribution in [0.15, 0.2) is 42.9 Å². The lowest BCUT2D eigenvalue weighted by molar-refractivity contribution is -0.00608. The summed E-state index contributed by atoms with van der Waals surface area (Å²) >= 11 is 0. The lowest BCUT2D eigenvalue weighted by Gasteiger charge is -2.16. The monoisotopic (exact) mass is 350 g/mol. The van der Waals surface area contributed by atoms with Crippen LogP contribution >= 0.6 is 0 Å². The molecule has 0 amide bonds. The van der Waals surface area contributed by atoms with Crippen LogP contribution < -0.4 is 5.32 Å². The molecule has 2 N–H and O–H groups in total. The molecule has 1 saturated heterocycles. The second-order valence-electron chi connectivity index (χ2n) is 7.22. The number of ether oxygens (including phenoxy) is 1. The molecule has 1 aliphatic heterocycles. The molecule has 1 fully saturated rings. The smallest absolute Gasteiger partial charge is 0.147 e. The molecule has 3 heterocycles. The third-order valence-electron chi connectivity index (χ3n) is 5.62. The zero-order valence-corrected chi connectivity index (χ0v) is 14.7. The van der Waals surface area contributed by atoms with Crippen LogP contribution in [-0.4, -0.2) is 31.8 Å². The zero-order valence-electron chi connectivity index (χ0n) is 14.7. The molecule has 6 nitrogen and oxygen atoms in total. The van der Waals surface area contributed by atoms with Crippen molar-refractivity contribution in [1.82, 2.24) is 14.5 Å². The predicted octanol–water partition coefficient (Wildman–Crippen LogP) is 3.20. The van der Waals surface area contributed by atoms with Crippen LogP contribution in [0.4, 0.5) is 5.82 Å². The first kappa shape index (κ1) is 15.8. The van der Waals surface area contributed by atoms with Gasteiger partial charge in [-0.05, 0) is 37.0 Å². The van der Waals surface area contributed by atoms with E-state index < -0.39 is 6.10 Å². The van der Waals surface area contributed by atoms with Gasteiger partial charge >= 0.3 is 0 Å². The first-order chi connectivity index (χ1) is 12.7. The van der Waals surface area contributed by atoms with Gasteiger partial charge in [0.1, 0.15) is 24.0 Å². The van der Waals surface area contributed by atoms with Gasteiger partial charge in [0.05, 0.1) is 23.6 Å². The molecule has 1 aliphatic carbocycles. The summed E-state index contributed by atoms with van der Waals surface area (Å²) < 4.78 is 7.88. The van der Waals surface area contributed by atoms with Gasteiger partial charge in [0.15, 0.2) is 0 Å². The normalized spacial score (nSPS) is 27.8. The van der Waals surface area contributed by atoms with E-state index in [-0.39, 0.29) is 18.4 Å². The summed E-state index contributed by atoms with van der Waals surface area (Å²) in [4.78, 5) is 8.95. The Hall–Kier alpha value is -2.44. The Bertz CT molecular complexity index is 944. The maximum atomic E-state index is 9.99. The summed E-state index contributed by atoms with van der Waals surface area (Å²) in [6.45, 7) is 1.90. The first-order valence-electron chi connectivity index (χ1n) is 9.20. The second kappa shape index (κ2) is 6.07. The van der Waals surface area contributed by atoms with Crippen molar-refractivity contribution < 1.29 is 9.84 Å². The van der Waals surface area contributed by atoms with Crippen molar-refractivity contribution in [2.45, 2.75) is 50.7 Å². The van der Waals surface area contributed by atoms with Crippen LogP contribution in [0.1, 0.15) is 43.2 Å². The van der Waals surface area contributed by atoms with Crippen LogP contribution in [0.3, 0.4) is 0 Å². The van der Waals surface area contributed by atoms with Crippen LogP contribution in [-0.2, 0) is 11.2 Å². The molecule has 0 bridgehead atoms. The number of fused-ring (bicyclic) bond motifs is 2. The van der Waals surface area contributed by atoms with Crippen molar-refractivity contribution in [3.63, 3.8) is 0 Å². The van der Waals surface area contributed by atoms with E-state index in [1.165, 1.54) is 11.1 Å². The van der Waals surface area contributed by atoms with Gasteiger partial charge < -0.3 is 19.7 Å². The SMILES string of the molecule is C[C@H]1O[C@@H](n2ccc3c(N[C@H]4CCc5ccccc54)ncnc32)C[C@@H]1O. The summed E-state index contributed by atoms with van der Waals surface area (Å²) in [6.07, 6.45) is 5.52. The number of hydrogen-bond donors (Lipinski definition) is 2. The van der Waals surface area contributed by atoms with Gasteiger partial charge in [-0.25, -0.2) is 9.97 Å². The van der Waals surface area contributed by atoms with Gasteiger partial charge in [0.2, 0.25) is 0 Å². The summed E-state index contributed by atoms with van der Waals surface area (Å²) in [5, 5.41) is 14.6. The standard InChI is InChI=1S/C20H22N4O2/c1-12-17(25)10-18(26-12)24-9-8-15-19(21-11-22-20(15)24)23-16-7-6-13-4-2-3-5-14(13)16/h2-5,8-9,11-12,16-18,25H,6-7,10H2,1H3,(H,21,22,23)/t12-,16+,17+,18-/m1/s1. The molecular formula is C20H22N4O2. The number of benzene rings is 1. The van der Waals surface area contributed by atoms with Gasteiger partial charge in [0.25, 0.3) is 0 Å². The minimum Gasteiger partial charge on any atom is -0.390 e. The number of rotatable bonds is 3. The Morgan fingerprint density at radius 2 is 2.12 bits per heavy atom. The van der Waals surface area contributed by atoms with E-state index in [1.807, 2.05) is 23.8 Å². The zero-order chi connectivity index (χ0) is 17.7. The summed E-state index contributed by atoms with van der Waals surface area (Å²) in [6, 6.07) is 10.9. The number of anilines is 1. The van der Waals surface area contributed by atoms with Gasteiger partial charge in [-0.2, -0.15) is 0 Å². The number of nitrogens with zero attached hydrogens (tertiary/aromatic N) is 3. The number of aromatic nitrogens is 3. The lowest BCUT2D eigenvalue weighted by atomic mass is 10.1. The van der Waals surface area contributed by atoms with E-state index in [0.717, 1.165) is 29.7 Å². The molecule has 134 valence electrons. The average Bonchev–Trinajstić information content (AvgIpc) is 3.34. The highest BCUT2D eigenvalue weighted by Crippen LogP contribution is 2.36. The van der Waals surface area contributed by atoms with Crippen LogP contribution in [0.5, 0.6) is 0 Å². The number of hydrogen-bond acceptors (Lipinski definition) is 5. The molecule has 5 rings (SSSR count). The van der Waals surface area contributed by atoms with Crippen LogP contribution in [0.25, 0.3) is 11.0 Å². The molecule has 6 heteroatoms. The van der Waals surface area contributed by atoms with E-state index in [2.05, 4.69) is 39.6 Å². The quantitative estimate of drug-likeness (QED) is 0.759. The Morgan fingerprint density at radius 1 is 1.23 bits per heavy atom. The highest BCUT2D eigenvalue weighted by molar-refractivity contribution is 5.87. The average molecular weight is 350 g/mol. The van der Waals surface area contributed by atoms with Crippen molar-refractivity contribution in [3.05, 3.63) is 54.0 Å². The predicted molar refractivity (Wildman–Crippen MR) is 98.9 cm³/mol. The Labute approximate surface area is 151 Å². The Morgan fingerprint density at radius 3 is 2.96 bits per heavy atom. The van der Waals surface area contributed by atoms with Gasteiger partial charge in [0, 0.05) is 12.6 Å². The van der Waals surface area contributed by atoms with Crippen LogP contribution in [0.2, 0.25) is 0 Å². The third kappa shape index (κ3) is 2.48. The van der Waals surface area contributed by atoms with Crippen LogP contribution in [0, 0.1) is 0 Å². The van der Waals surface area contributed by atoms with E-state index in [9.17, 15) is 5.11 Å². The van der Waals surface area contributed by atoms with E-state index >= 15 is 0 Å². The molecule has 3 aromatic rings. The molecule has 2 aliphatic rings. The molecule has 2 aromatic heterocycles. The molecule has 0 saturated carbocycles. The number of aliphatic hydroxyl groups is 1. The lowest BCUT2D eigenvalue weighted by Crippen LogP contribution is -2.15. The number of nitrogens with one attached hydrogen (secondary N) is 1. The first-order valence-corrected chi connectivity index (χ1v) is 9.20. The van der Waals surface area contributed by atoms with Crippen molar-refractivity contribution in [3.8, 4) is 0 Å². The molecule has 4 atom stereocenters. The van der Waals surface area contributed by atoms with Gasteiger partial charge in [-0.3, -0.25) is 0 Å².